The smallest absolute Gasteiger partial charge is 0.282 e. The van der Waals surface area contributed by atoms with Gasteiger partial charge in [-0.15, -0.1) is 0 Å². The van der Waals surface area contributed by atoms with Crippen LogP contribution in [0.5, 0.6) is 5.75 Å². The van der Waals surface area contributed by atoms with Gasteiger partial charge in [-0.05, 0) is 54.2 Å². The Morgan fingerprint density at radius 1 is 0.857 bits per heavy atom. The van der Waals surface area contributed by atoms with Crippen LogP contribution in [0.15, 0.2) is 78.5 Å². The van der Waals surface area contributed by atoms with Gasteiger partial charge >= 0.3 is 0 Å². The number of para-hydroxylation sites is 2. The number of nitrogens with one attached hydrogen (secondary N) is 1. The van der Waals surface area contributed by atoms with E-state index in [-0.39, 0.29) is 17.0 Å². The molecule has 0 atom stereocenters. The normalized spacial score (nSPS) is 14.0. The van der Waals surface area contributed by atoms with Crippen molar-refractivity contribution in [2.24, 2.45) is 0 Å². The van der Waals surface area contributed by atoms with Crippen molar-refractivity contribution in [3.05, 3.63) is 95.2 Å². The van der Waals surface area contributed by atoms with Gasteiger partial charge in [-0.1, -0.05) is 81.8 Å². The van der Waals surface area contributed by atoms with Gasteiger partial charge in [-0.25, -0.2) is 4.90 Å². The van der Waals surface area contributed by atoms with E-state index in [4.69, 9.17) is 4.74 Å². The van der Waals surface area contributed by atoms with Crippen molar-refractivity contribution in [1.82, 2.24) is 0 Å². The molecule has 180 valence electrons. The summed E-state index contributed by atoms with van der Waals surface area (Å²) in [5.41, 5.74) is 4.77. The zero-order chi connectivity index (χ0) is 25.2. The molecule has 1 heterocycles. The molecule has 0 spiro atoms. The van der Waals surface area contributed by atoms with Gasteiger partial charge in [0, 0.05) is 5.69 Å². The maximum Gasteiger partial charge on any atom is 0.282 e. The number of amides is 2. The van der Waals surface area contributed by atoms with E-state index < -0.39 is 5.91 Å². The summed E-state index contributed by atoms with van der Waals surface area (Å²) in [7, 11) is 0. The minimum absolute atomic E-state index is 0.0169. The molecule has 0 aromatic heterocycles. The molecule has 0 saturated carbocycles. The molecule has 1 N–H and O–H groups in total. The van der Waals surface area contributed by atoms with Gasteiger partial charge < -0.3 is 10.1 Å². The Morgan fingerprint density at radius 2 is 1.51 bits per heavy atom. The number of imide groups is 1. The van der Waals surface area contributed by atoms with Crippen molar-refractivity contribution in [2.45, 2.75) is 46.5 Å². The Balaban J connectivity index is 1.77. The van der Waals surface area contributed by atoms with Crippen LogP contribution in [0, 0.1) is 6.92 Å². The molecule has 1 aliphatic heterocycles. The van der Waals surface area contributed by atoms with Crippen molar-refractivity contribution < 1.29 is 14.3 Å². The maximum atomic E-state index is 13.8. The second-order valence-corrected chi connectivity index (χ2v) is 9.83. The van der Waals surface area contributed by atoms with Gasteiger partial charge in [-0.2, -0.15) is 0 Å². The average Bonchev–Trinajstić information content (AvgIpc) is 3.07. The molecule has 0 bridgehead atoms. The van der Waals surface area contributed by atoms with Gasteiger partial charge in [-0.3, -0.25) is 9.59 Å². The Labute approximate surface area is 207 Å². The topological polar surface area (TPSA) is 58.6 Å². The first-order valence-electron chi connectivity index (χ1n) is 12.0. The lowest BCUT2D eigenvalue weighted by atomic mass is 9.87. The number of nitrogens with zero attached hydrogens (tertiary/aromatic N) is 1. The van der Waals surface area contributed by atoms with Crippen LogP contribution in [-0.4, -0.2) is 18.4 Å². The highest BCUT2D eigenvalue weighted by Gasteiger charge is 2.41. The predicted octanol–water partition coefficient (Wildman–Crippen LogP) is 6.48. The largest absolute Gasteiger partial charge is 0.491 e. The molecule has 2 amide bonds. The number of rotatable bonds is 7. The van der Waals surface area contributed by atoms with E-state index in [0.717, 1.165) is 17.7 Å². The van der Waals surface area contributed by atoms with Gasteiger partial charge in [0.05, 0.1) is 17.9 Å². The minimum atomic E-state index is -0.405. The fourth-order valence-electron chi connectivity index (χ4n) is 4.03. The van der Waals surface area contributed by atoms with Crippen LogP contribution in [0.4, 0.5) is 11.4 Å². The fourth-order valence-corrected chi connectivity index (χ4v) is 4.03. The molecule has 5 heteroatoms. The second kappa shape index (κ2) is 9.79. The highest BCUT2D eigenvalue weighted by atomic mass is 16.5. The number of carbonyl (C=O) groups excluding carboxylic acids is 2. The molecule has 0 unspecified atom stereocenters. The van der Waals surface area contributed by atoms with Crippen LogP contribution < -0.4 is 15.0 Å². The summed E-state index contributed by atoms with van der Waals surface area (Å²) >= 11 is 0. The minimum Gasteiger partial charge on any atom is -0.491 e. The predicted molar refractivity (Wildman–Crippen MR) is 142 cm³/mol. The zero-order valence-corrected chi connectivity index (χ0v) is 21.0. The second-order valence-electron chi connectivity index (χ2n) is 9.83. The summed E-state index contributed by atoms with van der Waals surface area (Å²) in [4.78, 5) is 28.7. The van der Waals surface area contributed by atoms with Crippen LogP contribution in [0.2, 0.25) is 0 Å². The average molecular weight is 469 g/mol. The molecular weight excluding hydrogens is 436 g/mol. The van der Waals surface area contributed by atoms with Crippen LogP contribution in [0.3, 0.4) is 0 Å². The number of benzene rings is 3. The van der Waals surface area contributed by atoms with Gasteiger partial charge in [0.25, 0.3) is 11.8 Å². The molecule has 35 heavy (non-hydrogen) atoms. The van der Waals surface area contributed by atoms with Crippen molar-refractivity contribution in [2.75, 3.05) is 16.8 Å². The van der Waals surface area contributed by atoms with Gasteiger partial charge in [0.15, 0.2) is 0 Å². The zero-order valence-electron chi connectivity index (χ0n) is 21.0. The molecule has 0 saturated heterocycles. The van der Waals surface area contributed by atoms with Crippen LogP contribution in [0.1, 0.15) is 50.8 Å². The first-order chi connectivity index (χ1) is 16.7. The Kier molecular flexibility index (Phi) is 6.79. The summed E-state index contributed by atoms with van der Waals surface area (Å²) < 4.78 is 5.87. The monoisotopic (exact) mass is 468 g/mol. The summed E-state index contributed by atoms with van der Waals surface area (Å²) in [6, 6.07) is 22.8. The standard InChI is InChI=1S/C30H32N2O3/c1-6-19-35-25-10-8-7-9-24(25)32-28(33)26(21-13-11-20(2)12-14-21)27(29(32)34)31-23-17-15-22(16-18-23)30(3,4)5/h7-18,31H,6,19H2,1-5H3. The molecule has 0 fully saturated rings. The van der Waals surface area contributed by atoms with E-state index in [1.165, 1.54) is 10.5 Å². The van der Waals surface area contributed by atoms with Crippen molar-refractivity contribution in [1.29, 1.82) is 0 Å². The molecule has 4 rings (SSSR count). The van der Waals surface area contributed by atoms with E-state index in [9.17, 15) is 9.59 Å². The number of ether oxygens (including phenoxy) is 1. The molecule has 5 nitrogen and oxygen atoms in total. The highest BCUT2D eigenvalue weighted by Crippen LogP contribution is 2.38. The first kappa shape index (κ1) is 24.3. The van der Waals surface area contributed by atoms with E-state index in [1.807, 2.05) is 68.4 Å². The number of hydrogen-bond donors (Lipinski definition) is 1. The lowest BCUT2D eigenvalue weighted by Crippen LogP contribution is -2.32. The highest BCUT2D eigenvalue weighted by molar-refractivity contribution is 6.46. The quantitative estimate of drug-likeness (QED) is 0.403. The Hall–Kier alpha value is -3.86. The lowest BCUT2D eigenvalue weighted by molar-refractivity contribution is -0.120. The Bertz CT molecular complexity index is 1270. The number of anilines is 2. The summed E-state index contributed by atoms with van der Waals surface area (Å²) in [6.45, 7) is 11.0. The summed E-state index contributed by atoms with van der Waals surface area (Å²) in [5, 5.41) is 3.25. The summed E-state index contributed by atoms with van der Waals surface area (Å²) in [5.74, 6) is -0.270. The lowest BCUT2D eigenvalue weighted by Gasteiger charge is -2.20. The Morgan fingerprint density at radius 3 is 2.14 bits per heavy atom. The SMILES string of the molecule is CCCOc1ccccc1N1C(=O)C(Nc2ccc(C(C)(C)C)cc2)=C(c2ccc(C)cc2)C1=O. The van der Waals surface area contributed by atoms with E-state index >= 15 is 0 Å². The van der Waals surface area contributed by atoms with Gasteiger partial charge in [0.1, 0.15) is 11.4 Å². The molecule has 3 aromatic rings. The van der Waals surface area contributed by atoms with Crippen molar-refractivity contribution in [3.63, 3.8) is 0 Å². The van der Waals surface area contributed by atoms with Crippen LogP contribution in [0.25, 0.3) is 5.57 Å². The summed E-state index contributed by atoms with van der Waals surface area (Å²) in [6.07, 6.45) is 0.820. The van der Waals surface area contributed by atoms with Crippen LogP contribution >= 0.6 is 0 Å². The van der Waals surface area contributed by atoms with Crippen LogP contribution in [-0.2, 0) is 15.0 Å². The third kappa shape index (κ3) is 4.99. The van der Waals surface area contributed by atoms with Crippen molar-refractivity contribution in [3.8, 4) is 5.75 Å². The number of carbonyl (C=O) groups is 2. The molecular formula is C30H32N2O3. The molecule has 0 radical (unpaired) electrons. The first-order valence-corrected chi connectivity index (χ1v) is 12.0. The molecule has 0 aliphatic carbocycles. The number of hydrogen-bond acceptors (Lipinski definition) is 4. The van der Waals surface area contributed by atoms with E-state index in [2.05, 4.69) is 26.1 Å². The third-order valence-corrected chi connectivity index (χ3v) is 6.01. The van der Waals surface area contributed by atoms with Crippen molar-refractivity contribution >= 4 is 28.8 Å². The van der Waals surface area contributed by atoms with Gasteiger partial charge in [0.2, 0.25) is 0 Å². The van der Waals surface area contributed by atoms with E-state index in [1.54, 1.807) is 18.2 Å². The maximum absolute atomic E-state index is 13.8. The van der Waals surface area contributed by atoms with E-state index in [0.29, 0.717) is 29.2 Å². The number of aryl methyl sites for hydroxylation is 1. The fraction of sp³-hybridized carbons (Fsp3) is 0.267. The third-order valence-electron chi connectivity index (χ3n) is 6.01. The molecule has 1 aliphatic rings. The molecule has 3 aromatic carbocycles.